The first-order chi connectivity index (χ1) is 3.91. The van der Waals surface area contributed by atoms with E-state index in [1.54, 1.807) is 0 Å². The molecule has 3 heteroatoms. The summed E-state index contributed by atoms with van der Waals surface area (Å²) in [5, 5.41) is 3.00. The van der Waals surface area contributed by atoms with Gasteiger partial charge in [-0.1, -0.05) is 0 Å². The summed E-state index contributed by atoms with van der Waals surface area (Å²) < 4.78 is 0. The molecule has 0 aromatic heterocycles. The zero-order chi connectivity index (χ0) is 6.24. The largest absolute Gasteiger partial charge is 0.329 e. The summed E-state index contributed by atoms with van der Waals surface area (Å²) >= 11 is 0. The second-order valence-electron chi connectivity index (χ2n) is 1.42. The van der Waals surface area contributed by atoms with Crippen LogP contribution in [0.1, 0.15) is 0 Å². The Morgan fingerprint density at radius 3 is 2.75 bits per heavy atom. The van der Waals surface area contributed by atoms with Gasteiger partial charge < -0.3 is 15.9 Å². The fourth-order valence-electron chi connectivity index (χ4n) is 0.362. The highest BCUT2D eigenvalue weighted by Gasteiger charge is 1.83. The van der Waals surface area contributed by atoms with E-state index in [9.17, 15) is 0 Å². The monoisotopic (exact) mass is 113 g/mol. The molecule has 0 rings (SSSR count). The lowest BCUT2D eigenvalue weighted by atomic mass is 10.6. The van der Waals surface area contributed by atoms with Crippen LogP contribution in [0.4, 0.5) is 0 Å². The van der Waals surface area contributed by atoms with Crippen LogP contribution in [0.2, 0.25) is 0 Å². The molecular formula is C5H11N3. The normalized spacial score (nSPS) is 8.50. The molecule has 3 N–H and O–H groups in total. The van der Waals surface area contributed by atoms with Gasteiger partial charge in [-0.3, -0.25) is 0 Å². The van der Waals surface area contributed by atoms with Crippen molar-refractivity contribution in [1.29, 1.82) is 0 Å². The smallest absolute Gasteiger partial charge is 0.226 e. The molecular weight excluding hydrogens is 102 g/mol. The van der Waals surface area contributed by atoms with E-state index in [4.69, 9.17) is 12.3 Å². The Hall–Kier alpha value is -0.590. The second kappa shape index (κ2) is 6.41. The highest BCUT2D eigenvalue weighted by atomic mass is 14.9. The molecule has 0 radical (unpaired) electrons. The molecule has 0 spiro atoms. The number of hydrogen-bond acceptors (Lipinski definition) is 2. The third kappa shape index (κ3) is 5.41. The fourth-order valence-corrected chi connectivity index (χ4v) is 0.362. The summed E-state index contributed by atoms with van der Waals surface area (Å²) in [6.07, 6.45) is 0. The van der Waals surface area contributed by atoms with Crippen molar-refractivity contribution in [2.45, 2.75) is 0 Å². The molecule has 0 aliphatic heterocycles. The van der Waals surface area contributed by atoms with E-state index in [0.717, 1.165) is 13.1 Å². The number of hydrogen-bond donors (Lipinski definition) is 2. The van der Waals surface area contributed by atoms with Crippen LogP contribution in [0.5, 0.6) is 0 Å². The van der Waals surface area contributed by atoms with Crippen LogP contribution < -0.4 is 11.1 Å². The second-order valence-corrected chi connectivity index (χ2v) is 1.42. The summed E-state index contributed by atoms with van der Waals surface area (Å²) in [5.41, 5.74) is 5.17. The summed E-state index contributed by atoms with van der Waals surface area (Å²) in [5.74, 6) is 0. The van der Waals surface area contributed by atoms with Gasteiger partial charge >= 0.3 is 0 Å². The van der Waals surface area contributed by atoms with Crippen LogP contribution >= 0.6 is 0 Å². The molecule has 0 aliphatic carbocycles. The maximum atomic E-state index is 6.39. The van der Waals surface area contributed by atoms with Gasteiger partial charge in [-0.25, -0.2) is 6.57 Å². The SMILES string of the molecule is [C-]#[N+]CCNCCN. The summed E-state index contributed by atoms with van der Waals surface area (Å²) in [6.45, 7) is 9.18. The van der Waals surface area contributed by atoms with Gasteiger partial charge in [-0.15, -0.1) is 0 Å². The molecule has 0 atom stereocenters. The van der Waals surface area contributed by atoms with E-state index >= 15 is 0 Å². The molecule has 0 unspecified atom stereocenters. The molecule has 0 amide bonds. The van der Waals surface area contributed by atoms with Crippen LogP contribution in [-0.2, 0) is 0 Å². The van der Waals surface area contributed by atoms with E-state index in [1.165, 1.54) is 0 Å². The highest BCUT2D eigenvalue weighted by molar-refractivity contribution is 4.60. The molecule has 0 aromatic rings. The van der Waals surface area contributed by atoms with Gasteiger partial charge in [0.05, 0.1) is 6.54 Å². The van der Waals surface area contributed by atoms with E-state index < -0.39 is 0 Å². The van der Waals surface area contributed by atoms with Gasteiger partial charge in [-0.2, -0.15) is 0 Å². The molecule has 3 nitrogen and oxygen atoms in total. The van der Waals surface area contributed by atoms with Crippen molar-refractivity contribution in [3.63, 3.8) is 0 Å². The summed E-state index contributed by atoms with van der Waals surface area (Å²) in [4.78, 5) is 3.15. The Bertz CT molecular complexity index is 74.2. The number of nitrogens with one attached hydrogen (secondary N) is 1. The maximum absolute atomic E-state index is 6.39. The average Bonchev–Trinajstić information content (AvgIpc) is 1.81. The van der Waals surface area contributed by atoms with Crippen molar-refractivity contribution in [3.05, 3.63) is 11.4 Å². The molecule has 0 saturated carbocycles. The first-order valence-corrected chi connectivity index (χ1v) is 2.66. The van der Waals surface area contributed by atoms with Gasteiger partial charge in [0, 0.05) is 13.1 Å². The fraction of sp³-hybridized carbons (Fsp3) is 0.800. The Morgan fingerprint density at radius 1 is 1.50 bits per heavy atom. The van der Waals surface area contributed by atoms with Crippen molar-refractivity contribution in [1.82, 2.24) is 5.32 Å². The molecule has 46 valence electrons. The molecule has 0 saturated heterocycles. The van der Waals surface area contributed by atoms with E-state index in [2.05, 4.69) is 10.2 Å². The van der Waals surface area contributed by atoms with Gasteiger partial charge in [0.2, 0.25) is 6.54 Å². The number of rotatable bonds is 4. The Balaban J connectivity index is 2.65. The Morgan fingerprint density at radius 2 is 2.25 bits per heavy atom. The molecule has 0 bridgehead atoms. The van der Waals surface area contributed by atoms with Crippen molar-refractivity contribution in [2.75, 3.05) is 26.2 Å². The van der Waals surface area contributed by atoms with Gasteiger partial charge in [0.15, 0.2) is 0 Å². The summed E-state index contributed by atoms with van der Waals surface area (Å²) in [7, 11) is 0. The average molecular weight is 113 g/mol. The van der Waals surface area contributed by atoms with Crippen LogP contribution in [0, 0.1) is 6.57 Å². The first kappa shape index (κ1) is 7.41. The molecule has 0 aliphatic rings. The zero-order valence-electron chi connectivity index (χ0n) is 4.85. The minimum atomic E-state index is 0.556. The Labute approximate surface area is 49.7 Å². The van der Waals surface area contributed by atoms with Gasteiger partial charge in [-0.05, 0) is 0 Å². The quantitative estimate of drug-likeness (QED) is 0.379. The lowest BCUT2D eigenvalue weighted by Crippen LogP contribution is -2.24. The van der Waals surface area contributed by atoms with Gasteiger partial charge in [0.25, 0.3) is 0 Å². The zero-order valence-corrected chi connectivity index (χ0v) is 4.85. The van der Waals surface area contributed by atoms with Crippen LogP contribution in [-0.4, -0.2) is 26.2 Å². The minimum Gasteiger partial charge on any atom is -0.329 e. The maximum Gasteiger partial charge on any atom is 0.226 e. The van der Waals surface area contributed by atoms with Crippen LogP contribution in [0.25, 0.3) is 4.85 Å². The topological polar surface area (TPSA) is 42.4 Å². The van der Waals surface area contributed by atoms with Gasteiger partial charge in [0.1, 0.15) is 0 Å². The van der Waals surface area contributed by atoms with E-state index in [1.807, 2.05) is 0 Å². The summed E-state index contributed by atoms with van der Waals surface area (Å²) in [6, 6.07) is 0. The lowest BCUT2D eigenvalue weighted by molar-refractivity contribution is 0.716. The third-order valence-corrected chi connectivity index (χ3v) is 0.721. The van der Waals surface area contributed by atoms with Crippen molar-refractivity contribution < 1.29 is 0 Å². The van der Waals surface area contributed by atoms with Crippen LogP contribution in [0.15, 0.2) is 0 Å². The molecule has 0 fully saturated rings. The molecule has 0 heterocycles. The van der Waals surface area contributed by atoms with Crippen molar-refractivity contribution in [2.24, 2.45) is 5.73 Å². The van der Waals surface area contributed by atoms with E-state index in [0.29, 0.717) is 13.1 Å². The molecule has 8 heavy (non-hydrogen) atoms. The highest BCUT2D eigenvalue weighted by Crippen LogP contribution is 1.61. The molecule has 0 aromatic carbocycles. The minimum absolute atomic E-state index is 0.556. The van der Waals surface area contributed by atoms with Crippen LogP contribution in [0.3, 0.4) is 0 Å². The lowest BCUT2D eigenvalue weighted by Gasteiger charge is -1.93. The van der Waals surface area contributed by atoms with Crippen molar-refractivity contribution >= 4 is 0 Å². The Kier molecular flexibility index (Phi) is 5.94. The van der Waals surface area contributed by atoms with Crippen molar-refractivity contribution in [3.8, 4) is 0 Å². The predicted octanol–water partition coefficient (Wildman–Crippen LogP) is -0.546. The predicted molar refractivity (Wildman–Crippen MR) is 33.4 cm³/mol. The number of nitrogens with two attached hydrogens (primary N) is 1. The first-order valence-electron chi connectivity index (χ1n) is 2.66. The third-order valence-electron chi connectivity index (χ3n) is 0.721. The standard InChI is InChI=1S/C5H11N3/c1-7-4-5-8-3-2-6/h8H,2-6H2. The van der Waals surface area contributed by atoms with E-state index in [-0.39, 0.29) is 0 Å². The number of nitrogens with zero attached hydrogens (tertiary/aromatic N) is 1.